The summed E-state index contributed by atoms with van der Waals surface area (Å²) in [6.45, 7) is 6.08. The van der Waals surface area contributed by atoms with E-state index >= 15 is 0 Å². The molecule has 0 aliphatic carbocycles. The highest BCUT2D eigenvalue weighted by Crippen LogP contribution is 2.28. The summed E-state index contributed by atoms with van der Waals surface area (Å²) in [5, 5.41) is 13.5. The van der Waals surface area contributed by atoms with E-state index in [0.29, 0.717) is 24.6 Å². The van der Waals surface area contributed by atoms with Crippen LogP contribution in [0.1, 0.15) is 57.5 Å². The molecular weight excluding hydrogens is 318 g/mol. The molecule has 25 heavy (non-hydrogen) atoms. The molecule has 1 aromatic carbocycles. The number of nitrogens with zero attached hydrogens (tertiary/aromatic N) is 3. The molecule has 2 aromatic rings. The van der Waals surface area contributed by atoms with Gasteiger partial charge in [-0.2, -0.15) is 5.10 Å². The van der Waals surface area contributed by atoms with Gasteiger partial charge in [-0.3, -0.25) is 9.48 Å². The number of aromatic carboxylic acids is 1. The largest absolute Gasteiger partial charge is 0.478 e. The van der Waals surface area contributed by atoms with Crippen LogP contribution in [0.25, 0.3) is 0 Å². The first-order chi connectivity index (χ1) is 12.0. The summed E-state index contributed by atoms with van der Waals surface area (Å²) in [6.07, 6.45) is 5.81. The van der Waals surface area contributed by atoms with Crippen LogP contribution in [0.2, 0.25) is 0 Å². The monoisotopic (exact) mass is 341 g/mol. The molecule has 0 bridgehead atoms. The molecule has 6 heteroatoms. The number of likely N-dealkylation sites (tertiary alicyclic amines) is 1. The summed E-state index contributed by atoms with van der Waals surface area (Å²) in [6, 6.07) is 4.80. The number of hydrogen-bond acceptors (Lipinski definition) is 3. The van der Waals surface area contributed by atoms with E-state index < -0.39 is 5.97 Å². The number of hydrogen-bond donors (Lipinski definition) is 1. The minimum absolute atomic E-state index is 0.0890. The van der Waals surface area contributed by atoms with Crippen LogP contribution in [-0.2, 0) is 6.54 Å². The lowest BCUT2D eigenvalue weighted by Crippen LogP contribution is -2.38. The van der Waals surface area contributed by atoms with E-state index in [4.69, 9.17) is 0 Å². The van der Waals surface area contributed by atoms with Crippen LogP contribution in [0.3, 0.4) is 0 Å². The molecule has 2 heterocycles. The molecule has 1 aliphatic rings. The van der Waals surface area contributed by atoms with Crippen LogP contribution in [0.4, 0.5) is 0 Å². The summed E-state index contributed by atoms with van der Waals surface area (Å²) < 4.78 is 1.92. The number of carboxylic acids is 1. The highest BCUT2D eigenvalue weighted by molar-refractivity contribution is 5.97. The van der Waals surface area contributed by atoms with Crippen molar-refractivity contribution in [3.8, 4) is 0 Å². The van der Waals surface area contributed by atoms with E-state index in [1.165, 1.54) is 11.6 Å². The summed E-state index contributed by atoms with van der Waals surface area (Å²) >= 11 is 0. The average Bonchev–Trinajstić information content (AvgIpc) is 3.10. The number of amides is 1. The molecule has 132 valence electrons. The first-order valence-electron chi connectivity index (χ1n) is 8.64. The van der Waals surface area contributed by atoms with Crippen molar-refractivity contribution in [2.75, 3.05) is 13.1 Å². The highest BCUT2D eigenvalue weighted by Gasteiger charge is 2.26. The normalized spacial score (nSPS) is 15.4. The predicted molar refractivity (Wildman–Crippen MR) is 93.9 cm³/mol. The lowest BCUT2D eigenvalue weighted by Gasteiger charge is -2.31. The molecule has 0 saturated carbocycles. The van der Waals surface area contributed by atoms with Gasteiger partial charge in [-0.05, 0) is 61.9 Å². The molecule has 1 fully saturated rings. The molecule has 1 saturated heterocycles. The van der Waals surface area contributed by atoms with Crippen molar-refractivity contribution in [3.05, 3.63) is 52.8 Å². The second kappa shape index (κ2) is 7.09. The molecule has 6 nitrogen and oxygen atoms in total. The minimum Gasteiger partial charge on any atom is -0.478 e. The van der Waals surface area contributed by atoms with Crippen molar-refractivity contribution in [3.63, 3.8) is 0 Å². The smallest absolute Gasteiger partial charge is 0.335 e. The third-order valence-electron chi connectivity index (χ3n) is 4.80. The van der Waals surface area contributed by atoms with Gasteiger partial charge in [0.1, 0.15) is 0 Å². The Balaban J connectivity index is 1.68. The van der Waals surface area contributed by atoms with E-state index in [0.717, 1.165) is 24.9 Å². The summed E-state index contributed by atoms with van der Waals surface area (Å²) in [5.41, 5.74) is 2.63. The van der Waals surface area contributed by atoms with Gasteiger partial charge in [-0.1, -0.05) is 0 Å². The number of benzene rings is 1. The number of aromatic nitrogens is 2. The highest BCUT2D eigenvalue weighted by atomic mass is 16.4. The fourth-order valence-corrected chi connectivity index (χ4v) is 3.39. The molecule has 1 amide bonds. The van der Waals surface area contributed by atoms with Crippen molar-refractivity contribution >= 4 is 11.9 Å². The maximum atomic E-state index is 12.7. The Hall–Kier alpha value is -2.63. The summed E-state index contributed by atoms with van der Waals surface area (Å²) in [5.74, 6) is -0.672. The van der Waals surface area contributed by atoms with Crippen molar-refractivity contribution in [1.82, 2.24) is 14.7 Å². The third kappa shape index (κ3) is 3.73. The van der Waals surface area contributed by atoms with E-state index in [1.54, 1.807) is 19.1 Å². The van der Waals surface area contributed by atoms with Crippen LogP contribution in [0.15, 0.2) is 30.6 Å². The zero-order valence-corrected chi connectivity index (χ0v) is 14.6. The number of rotatable bonds is 4. The van der Waals surface area contributed by atoms with E-state index in [-0.39, 0.29) is 11.5 Å². The van der Waals surface area contributed by atoms with Crippen molar-refractivity contribution < 1.29 is 14.7 Å². The second-order valence-electron chi connectivity index (χ2n) is 6.59. The van der Waals surface area contributed by atoms with Crippen molar-refractivity contribution in [2.24, 2.45) is 0 Å². The summed E-state index contributed by atoms with van der Waals surface area (Å²) in [7, 11) is 0. The maximum Gasteiger partial charge on any atom is 0.335 e. The fourth-order valence-electron chi connectivity index (χ4n) is 3.39. The minimum atomic E-state index is -1.01. The number of piperidine rings is 1. The Labute approximate surface area is 147 Å². The van der Waals surface area contributed by atoms with Gasteiger partial charge in [0.15, 0.2) is 0 Å². The zero-order valence-electron chi connectivity index (χ0n) is 14.6. The SMILES string of the molecule is CCn1cc(C2CCN(C(=O)c3cc(C)cc(C(=O)O)c3)CC2)cn1. The van der Waals surface area contributed by atoms with E-state index in [1.807, 2.05) is 15.8 Å². The first-order valence-corrected chi connectivity index (χ1v) is 8.64. The van der Waals surface area contributed by atoms with Gasteiger partial charge in [0, 0.05) is 31.4 Å². The van der Waals surface area contributed by atoms with Crippen molar-refractivity contribution in [2.45, 2.75) is 39.2 Å². The Kier molecular flexibility index (Phi) is 4.88. The molecular formula is C19H23N3O3. The zero-order chi connectivity index (χ0) is 18.0. The molecule has 1 aliphatic heterocycles. The maximum absolute atomic E-state index is 12.7. The van der Waals surface area contributed by atoms with Gasteiger partial charge in [0.2, 0.25) is 0 Å². The van der Waals surface area contributed by atoms with Gasteiger partial charge in [-0.15, -0.1) is 0 Å². The van der Waals surface area contributed by atoms with Gasteiger partial charge < -0.3 is 10.0 Å². The van der Waals surface area contributed by atoms with Crippen molar-refractivity contribution in [1.29, 1.82) is 0 Å². The molecule has 0 spiro atoms. The van der Waals surface area contributed by atoms with Gasteiger partial charge in [-0.25, -0.2) is 4.79 Å². The predicted octanol–water partition coefficient (Wildman–Crippen LogP) is 2.93. The van der Waals surface area contributed by atoms with Gasteiger partial charge in [0.05, 0.1) is 11.8 Å². The van der Waals surface area contributed by atoms with Crippen LogP contribution in [0.5, 0.6) is 0 Å². The topological polar surface area (TPSA) is 75.4 Å². The van der Waals surface area contributed by atoms with Crippen LogP contribution in [0, 0.1) is 6.92 Å². The number of aryl methyl sites for hydroxylation is 2. The molecule has 1 aromatic heterocycles. The molecule has 0 unspecified atom stereocenters. The average molecular weight is 341 g/mol. The van der Waals surface area contributed by atoms with Gasteiger partial charge in [0.25, 0.3) is 5.91 Å². The Morgan fingerprint density at radius 1 is 1.20 bits per heavy atom. The third-order valence-corrected chi connectivity index (χ3v) is 4.80. The van der Waals surface area contributed by atoms with E-state index in [9.17, 15) is 14.7 Å². The second-order valence-corrected chi connectivity index (χ2v) is 6.59. The molecule has 0 atom stereocenters. The Morgan fingerprint density at radius 2 is 1.88 bits per heavy atom. The molecule has 1 N–H and O–H groups in total. The lowest BCUT2D eigenvalue weighted by molar-refractivity contribution is 0.0696. The van der Waals surface area contributed by atoms with Gasteiger partial charge >= 0.3 is 5.97 Å². The van der Waals surface area contributed by atoms with Crippen LogP contribution in [-0.4, -0.2) is 44.8 Å². The Morgan fingerprint density at radius 3 is 2.48 bits per heavy atom. The Bertz CT molecular complexity index is 789. The lowest BCUT2D eigenvalue weighted by atomic mass is 9.91. The van der Waals surface area contributed by atoms with Crippen LogP contribution < -0.4 is 0 Å². The quantitative estimate of drug-likeness (QED) is 0.928. The fraction of sp³-hybridized carbons (Fsp3) is 0.421. The standard InChI is InChI=1S/C19H23N3O3/c1-3-22-12-17(11-20-22)14-4-6-21(7-5-14)18(23)15-8-13(2)9-16(10-15)19(24)25/h8-12,14H,3-7H2,1-2H3,(H,24,25). The number of carbonyl (C=O) groups excluding carboxylic acids is 1. The molecule has 3 rings (SSSR count). The van der Waals surface area contributed by atoms with E-state index in [2.05, 4.69) is 18.2 Å². The molecule has 0 radical (unpaired) electrons. The number of carboxylic acid groups (broad SMARTS) is 1. The number of carbonyl (C=O) groups is 2. The first kappa shape index (κ1) is 17.2. The van der Waals surface area contributed by atoms with Crippen LogP contribution >= 0.6 is 0 Å². The summed E-state index contributed by atoms with van der Waals surface area (Å²) in [4.78, 5) is 25.8.